The minimum atomic E-state index is 0.114. The Morgan fingerprint density at radius 3 is 3.08 bits per heavy atom. The first-order valence-electron chi connectivity index (χ1n) is 3.94. The van der Waals surface area contributed by atoms with E-state index in [2.05, 4.69) is 20.0 Å². The molecule has 72 valence electrons. The third kappa shape index (κ3) is 4.12. The molecule has 1 aromatic heterocycles. The van der Waals surface area contributed by atoms with Crippen LogP contribution in [0.5, 0.6) is 0 Å². The maximum absolute atomic E-state index is 5.14. The second kappa shape index (κ2) is 5.15. The molecule has 0 fully saturated rings. The van der Waals surface area contributed by atoms with Crippen molar-refractivity contribution in [1.29, 1.82) is 0 Å². The van der Waals surface area contributed by atoms with Crippen molar-refractivity contribution in [2.24, 2.45) is 16.5 Å². The van der Waals surface area contributed by atoms with Gasteiger partial charge in [0.15, 0.2) is 5.96 Å². The number of nitrogens with zero attached hydrogens (tertiary/aromatic N) is 2. The fraction of sp³-hybridized carbons (Fsp3) is 0.429. The van der Waals surface area contributed by atoms with Crippen molar-refractivity contribution in [3.63, 3.8) is 0 Å². The summed E-state index contributed by atoms with van der Waals surface area (Å²) in [5.41, 5.74) is 11.1. The number of rotatable bonds is 5. The smallest absolute Gasteiger partial charge is 0.185 e. The molecule has 0 unspecified atom stereocenters. The third-order valence-electron chi connectivity index (χ3n) is 1.38. The zero-order chi connectivity index (χ0) is 9.52. The predicted molar refractivity (Wildman–Crippen MR) is 48.9 cm³/mol. The van der Waals surface area contributed by atoms with Gasteiger partial charge in [-0.25, -0.2) is 0 Å². The van der Waals surface area contributed by atoms with Crippen molar-refractivity contribution >= 4 is 5.96 Å². The molecule has 1 rings (SSSR count). The van der Waals surface area contributed by atoms with E-state index in [1.54, 1.807) is 6.07 Å². The Morgan fingerprint density at radius 1 is 1.62 bits per heavy atom. The van der Waals surface area contributed by atoms with Gasteiger partial charge >= 0.3 is 0 Å². The molecule has 0 bridgehead atoms. The number of aromatic nitrogens is 1. The SMILES string of the molecule is NC(N)=NCCNCc1ccon1. The molecule has 13 heavy (non-hydrogen) atoms. The van der Waals surface area contributed by atoms with Crippen molar-refractivity contribution in [2.45, 2.75) is 6.54 Å². The highest BCUT2D eigenvalue weighted by molar-refractivity contribution is 5.75. The van der Waals surface area contributed by atoms with Gasteiger partial charge in [0.05, 0.1) is 12.2 Å². The lowest BCUT2D eigenvalue weighted by atomic mass is 10.4. The maximum atomic E-state index is 5.14. The quantitative estimate of drug-likeness (QED) is 0.310. The topological polar surface area (TPSA) is 102 Å². The standard InChI is InChI=1S/C7H13N5O/c8-7(9)11-3-2-10-5-6-1-4-13-12-6/h1,4,10H,2-3,5H2,(H4,8,9,11). The van der Waals surface area contributed by atoms with Crippen LogP contribution < -0.4 is 16.8 Å². The van der Waals surface area contributed by atoms with Gasteiger partial charge in [-0.3, -0.25) is 4.99 Å². The highest BCUT2D eigenvalue weighted by Gasteiger charge is 1.93. The van der Waals surface area contributed by atoms with Crippen LogP contribution in [0.25, 0.3) is 0 Å². The summed E-state index contributed by atoms with van der Waals surface area (Å²) in [6.07, 6.45) is 1.53. The molecule has 0 saturated heterocycles. The maximum Gasteiger partial charge on any atom is 0.185 e. The zero-order valence-electron chi connectivity index (χ0n) is 7.23. The van der Waals surface area contributed by atoms with E-state index in [9.17, 15) is 0 Å². The average molecular weight is 183 g/mol. The normalized spacial score (nSPS) is 9.85. The van der Waals surface area contributed by atoms with Gasteiger partial charge in [0.1, 0.15) is 6.26 Å². The zero-order valence-corrected chi connectivity index (χ0v) is 7.23. The van der Waals surface area contributed by atoms with E-state index in [0.29, 0.717) is 19.6 Å². The molecule has 0 radical (unpaired) electrons. The summed E-state index contributed by atoms with van der Waals surface area (Å²) in [5.74, 6) is 0.114. The third-order valence-corrected chi connectivity index (χ3v) is 1.38. The van der Waals surface area contributed by atoms with Gasteiger partial charge < -0.3 is 21.3 Å². The summed E-state index contributed by atoms with van der Waals surface area (Å²) in [6, 6.07) is 1.80. The Labute approximate surface area is 76.0 Å². The minimum absolute atomic E-state index is 0.114. The number of aliphatic imine (C=N–C) groups is 1. The van der Waals surface area contributed by atoms with Crippen LogP contribution in [0.15, 0.2) is 21.8 Å². The molecular weight excluding hydrogens is 170 g/mol. The van der Waals surface area contributed by atoms with Crippen molar-refractivity contribution < 1.29 is 4.52 Å². The number of nitrogens with two attached hydrogens (primary N) is 2. The van der Waals surface area contributed by atoms with Gasteiger partial charge in [-0.2, -0.15) is 0 Å². The van der Waals surface area contributed by atoms with Crippen LogP contribution in [0.3, 0.4) is 0 Å². The number of guanidine groups is 1. The molecule has 6 nitrogen and oxygen atoms in total. The van der Waals surface area contributed by atoms with Crippen molar-refractivity contribution in [3.05, 3.63) is 18.0 Å². The van der Waals surface area contributed by atoms with Gasteiger partial charge in [-0.1, -0.05) is 5.16 Å². The van der Waals surface area contributed by atoms with E-state index < -0.39 is 0 Å². The van der Waals surface area contributed by atoms with Gasteiger partial charge in [-0.05, 0) is 0 Å². The van der Waals surface area contributed by atoms with E-state index in [1.165, 1.54) is 6.26 Å². The lowest BCUT2D eigenvalue weighted by Gasteiger charge is -1.98. The molecule has 1 heterocycles. The predicted octanol–water partition coefficient (Wildman–Crippen LogP) is -0.962. The summed E-state index contributed by atoms with van der Waals surface area (Å²) < 4.78 is 4.65. The van der Waals surface area contributed by atoms with Crippen LogP contribution in [0, 0.1) is 0 Å². The fourth-order valence-electron chi connectivity index (χ4n) is 0.809. The monoisotopic (exact) mass is 183 g/mol. The highest BCUT2D eigenvalue weighted by atomic mass is 16.5. The highest BCUT2D eigenvalue weighted by Crippen LogP contribution is 1.91. The fourth-order valence-corrected chi connectivity index (χ4v) is 0.809. The summed E-state index contributed by atoms with van der Waals surface area (Å²) in [4.78, 5) is 3.81. The van der Waals surface area contributed by atoms with Crippen LogP contribution in [-0.4, -0.2) is 24.2 Å². The second-order valence-corrected chi connectivity index (χ2v) is 2.47. The Morgan fingerprint density at radius 2 is 2.46 bits per heavy atom. The summed E-state index contributed by atoms with van der Waals surface area (Å²) in [7, 11) is 0. The first-order chi connectivity index (χ1) is 6.29. The lowest BCUT2D eigenvalue weighted by molar-refractivity contribution is 0.409. The van der Waals surface area contributed by atoms with E-state index >= 15 is 0 Å². The van der Waals surface area contributed by atoms with Crippen molar-refractivity contribution in [2.75, 3.05) is 13.1 Å². The van der Waals surface area contributed by atoms with Crippen LogP contribution in [0.2, 0.25) is 0 Å². The lowest BCUT2D eigenvalue weighted by Crippen LogP contribution is -2.25. The molecule has 6 heteroatoms. The molecular formula is C7H13N5O. The molecule has 0 aliphatic heterocycles. The number of hydrogen-bond acceptors (Lipinski definition) is 4. The van der Waals surface area contributed by atoms with Crippen LogP contribution in [-0.2, 0) is 6.54 Å². The molecule has 5 N–H and O–H groups in total. The average Bonchev–Trinajstić information content (AvgIpc) is 2.55. The molecule has 0 aliphatic rings. The largest absolute Gasteiger partial charge is 0.370 e. The van der Waals surface area contributed by atoms with Crippen LogP contribution >= 0.6 is 0 Å². The first-order valence-corrected chi connectivity index (χ1v) is 3.94. The molecule has 0 aromatic carbocycles. The molecule has 1 aromatic rings. The van der Waals surface area contributed by atoms with Gasteiger partial charge in [-0.15, -0.1) is 0 Å². The Hall–Kier alpha value is -1.56. The van der Waals surface area contributed by atoms with Gasteiger partial charge in [0.25, 0.3) is 0 Å². The van der Waals surface area contributed by atoms with E-state index in [4.69, 9.17) is 11.5 Å². The first kappa shape index (κ1) is 9.53. The molecule has 0 aliphatic carbocycles. The minimum Gasteiger partial charge on any atom is -0.370 e. The Kier molecular flexibility index (Phi) is 3.77. The summed E-state index contributed by atoms with van der Waals surface area (Å²) in [5, 5.41) is 6.83. The van der Waals surface area contributed by atoms with Crippen molar-refractivity contribution in [1.82, 2.24) is 10.5 Å². The van der Waals surface area contributed by atoms with E-state index in [-0.39, 0.29) is 5.96 Å². The Balaban J connectivity index is 2.05. The van der Waals surface area contributed by atoms with Gasteiger partial charge in [0, 0.05) is 19.2 Å². The van der Waals surface area contributed by atoms with Crippen LogP contribution in [0.4, 0.5) is 0 Å². The second-order valence-electron chi connectivity index (χ2n) is 2.47. The van der Waals surface area contributed by atoms with Crippen LogP contribution in [0.1, 0.15) is 5.69 Å². The summed E-state index contributed by atoms with van der Waals surface area (Å²) in [6.45, 7) is 1.95. The molecule has 0 amide bonds. The number of hydrogen-bond donors (Lipinski definition) is 3. The van der Waals surface area contributed by atoms with E-state index in [1.807, 2.05) is 0 Å². The molecule has 0 atom stereocenters. The summed E-state index contributed by atoms with van der Waals surface area (Å²) >= 11 is 0. The number of nitrogens with one attached hydrogen (secondary N) is 1. The molecule has 0 saturated carbocycles. The Bertz CT molecular complexity index is 252. The van der Waals surface area contributed by atoms with E-state index in [0.717, 1.165) is 5.69 Å². The van der Waals surface area contributed by atoms with Gasteiger partial charge in [0.2, 0.25) is 0 Å². The molecule has 0 spiro atoms. The van der Waals surface area contributed by atoms with Crippen molar-refractivity contribution in [3.8, 4) is 0 Å².